The predicted molar refractivity (Wildman–Crippen MR) is 163 cm³/mol. The molecule has 0 saturated carbocycles. The SMILES string of the molecule is CC(C)CC(NC(=O)C(N)Cc1ccc(O)cc1)C(=O)NC(Cc1ccccc1)C(=O)NC(Cc1ccccc1)C(=O)O. The van der Waals surface area contributed by atoms with E-state index in [-0.39, 0.29) is 37.4 Å². The van der Waals surface area contributed by atoms with Crippen LogP contribution in [0, 0.1) is 5.92 Å². The minimum atomic E-state index is -1.21. The molecule has 0 fully saturated rings. The van der Waals surface area contributed by atoms with Gasteiger partial charge in [-0.1, -0.05) is 86.6 Å². The van der Waals surface area contributed by atoms with Crippen LogP contribution in [0.5, 0.6) is 5.75 Å². The van der Waals surface area contributed by atoms with Gasteiger partial charge >= 0.3 is 5.97 Å². The molecule has 7 N–H and O–H groups in total. The van der Waals surface area contributed by atoms with Crippen LogP contribution in [0.1, 0.15) is 37.0 Å². The Kier molecular flexibility index (Phi) is 12.3. The summed E-state index contributed by atoms with van der Waals surface area (Å²) < 4.78 is 0. The molecule has 0 aromatic heterocycles. The summed E-state index contributed by atoms with van der Waals surface area (Å²) in [6.07, 6.45) is 0.658. The van der Waals surface area contributed by atoms with Gasteiger partial charge in [0, 0.05) is 12.8 Å². The minimum absolute atomic E-state index is 0.0213. The predicted octanol–water partition coefficient (Wildman–Crippen LogP) is 2.33. The van der Waals surface area contributed by atoms with Crippen molar-refractivity contribution in [3.05, 3.63) is 102 Å². The largest absolute Gasteiger partial charge is 0.508 e. The molecule has 43 heavy (non-hydrogen) atoms. The maximum Gasteiger partial charge on any atom is 0.326 e. The number of benzene rings is 3. The second kappa shape index (κ2) is 16.1. The van der Waals surface area contributed by atoms with Gasteiger partial charge in [0.15, 0.2) is 0 Å². The normalized spacial score (nSPS) is 13.8. The van der Waals surface area contributed by atoms with Crippen molar-refractivity contribution in [2.75, 3.05) is 0 Å². The van der Waals surface area contributed by atoms with Crippen LogP contribution in [0.3, 0.4) is 0 Å². The van der Waals surface area contributed by atoms with E-state index >= 15 is 0 Å². The second-order valence-corrected chi connectivity index (χ2v) is 11.0. The molecule has 10 nitrogen and oxygen atoms in total. The molecule has 10 heteroatoms. The van der Waals surface area contributed by atoms with Crippen molar-refractivity contribution in [2.24, 2.45) is 11.7 Å². The molecule has 3 amide bonds. The van der Waals surface area contributed by atoms with Gasteiger partial charge in [0.05, 0.1) is 6.04 Å². The van der Waals surface area contributed by atoms with Gasteiger partial charge in [-0.05, 0) is 47.6 Å². The molecule has 3 aromatic carbocycles. The zero-order valence-corrected chi connectivity index (χ0v) is 24.4. The van der Waals surface area contributed by atoms with E-state index in [0.717, 1.165) is 16.7 Å². The molecule has 0 aliphatic carbocycles. The lowest BCUT2D eigenvalue weighted by atomic mass is 9.99. The molecule has 0 aliphatic heterocycles. The van der Waals surface area contributed by atoms with Crippen molar-refractivity contribution >= 4 is 23.7 Å². The summed E-state index contributed by atoms with van der Waals surface area (Å²) in [6.45, 7) is 3.80. The molecule has 0 radical (unpaired) electrons. The summed E-state index contributed by atoms with van der Waals surface area (Å²) in [6, 6.07) is 20.1. The number of aliphatic carboxylic acids is 1. The van der Waals surface area contributed by atoms with Gasteiger partial charge in [0.1, 0.15) is 23.9 Å². The molecule has 3 aromatic rings. The molecule has 4 atom stereocenters. The van der Waals surface area contributed by atoms with Crippen LogP contribution in [0.15, 0.2) is 84.9 Å². The summed E-state index contributed by atoms with van der Waals surface area (Å²) in [5, 5.41) is 27.4. The summed E-state index contributed by atoms with van der Waals surface area (Å²) >= 11 is 0. The smallest absolute Gasteiger partial charge is 0.326 e. The van der Waals surface area contributed by atoms with Crippen molar-refractivity contribution in [1.29, 1.82) is 0 Å². The highest BCUT2D eigenvalue weighted by molar-refractivity contribution is 5.94. The number of nitrogens with one attached hydrogen (secondary N) is 3. The number of rotatable bonds is 15. The first-order valence-corrected chi connectivity index (χ1v) is 14.3. The number of aromatic hydroxyl groups is 1. The molecule has 0 bridgehead atoms. The molecule has 0 heterocycles. The third-order valence-corrected chi connectivity index (χ3v) is 6.88. The Balaban J connectivity index is 1.76. The van der Waals surface area contributed by atoms with Crippen LogP contribution in [0.4, 0.5) is 0 Å². The molecule has 0 spiro atoms. The fraction of sp³-hybridized carbons (Fsp3) is 0.333. The first-order chi connectivity index (χ1) is 20.5. The summed E-state index contributed by atoms with van der Waals surface area (Å²) in [5.74, 6) is -2.85. The summed E-state index contributed by atoms with van der Waals surface area (Å²) in [5.41, 5.74) is 8.38. The Labute approximate surface area is 251 Å². The van der Waals surface area contributed by atoms with E-state index < -0.39 is 47.9 Å². The maximum atomic E-state index is 13.6. The third kappa shape index (κ3) is 10.9. The van der Waals surface area contributed by atoms with Crippen molar-refractivity contribution < 1.29 is 29.4 Å². The highest BCUT2D eigenvalue weighted by Gasteiger charge is 2.31. The lowest BCUT2D eigenvalue weighted by Crippen LogP contribution is -2.58. The zero-order chi connectivity index (χ0) is 31.4. The Morgan fingerprint density at radius 1 is 0.628 bits per heavy atom. The Hall–Kier alpha value is -4.70. The van der Waals surface area contributed by atoms with Crippen molar-refractivity contribution in [1.82, 2.24) is 16.0 Å². The minimum Gasteiger partial charge on any atom is -0.508 e. The quantitative estimate of drug-likeness (QED) is 0.158. The Bertz CT molecular complexity index is 1350. The molecule has 0 saturated heterocycles. The van der Waals surface area contributed by atoms with Gasteiger partial charge < -0.3 is 31.9 Å². The summed E-state index contributed by atoms with van der Waals surface area (Å²) in [4.78, 5) is 52.1. The zero-order valence-electron chi connectivity index (χ0n) is 24.4. The fourth-order valence-electron chi connectivity index (χ4n) is 4.61. The van der Waals surface area contributed by atoms with Crippen LogP contribution in [-0.4, -0.2) is 58.1 Å². The van der Waals surface area contributed by atoms with Gasteiger partial charge in [-0.15, -0.1) is 0 Å². The van der Waals surface area contributed by atoms with Crippen molar-refractivity contribution in [3.63, 3.8) is 0 Å². The molecule has 0 aliphatic rings. The number of carbonyl (C=O) groups is 4. The van der Waals surface area contributed by atoms with Gasteiger partial charge in [0.2, 0.25) is 17.7 Å². The molecule has 3 rings (SSSR count). The number of phenols is 1. The number of amides is 3. The number of nitrogens with two attached hydrogens (primary N) is 1. The Morgan fingerprint density at radius 3 is 1.58 bits per heavy atom. The van der Waals surface area contributed by atoms with E-state index in [4.69, 9.17) is 5.73 Å². The lowest BCUT2D eigenvalue weighted by molar-refractivity contribution is -0.142. The van der Waals surface area contributed by atoms with E-state index in [1.54, 1.807) is 60.7 Å². The van der Waals surface area contributed by atoms with Crippen LogP contribution in [0.25, 0.3) is 0 Å². The number of phenolic OH excluding ortho intramolecular Hbond substituents is 1. The first kappa shape index (κ1) is 32.8. The number of carbonyl (C=O) groups excluding carboxylic acids is 3. The van der Waals surface area contributed by atoms with Gasteiger partial charge in [-0.3, -0.25) is 14.4 Å². The van der Waals surface area contributed by atoms with Crippen LogP contribution >= 0.6 is 0 Å². The van der Waals surface area contributed by atoms with Crippen molar-refractivity contribution in [2.45, 2.75) is 63.7 Å². The second-order valence-electron chi connectivity index (χ2n) is 11.0. The molecular weight excluding hydrogens is 548 g/mol. The van der Waals surface area contributed by atoms with E-state index in [2.05, 4.69) is 16.0 Å². The fourth-order valence-corrected chi connectivity index (χ4v) is 4.61. The van der Waals surface area contributed by atoms with Crippen LogP contribution in [-0.2, 0) is 38.4 Å². The van der Waals surface area contributed by atoms with Gasteiger partial charge in [0.25, 0.3) is 0 Å². The van der Waals surface area contributed by atoms with E-state index in [1.807, 2.05) is 26.0 Å². The van der Waals surface area contributed by atoms with Crippen LogP contribution in [0.2, 0.25) is 0 Å². The Morgan fingerprint density at radius 2 is 1.07 bits per heavy atom. The number of hydrogen-bond donors (Lipinski definition) is 6. The van der Waals surface area contributed by atoms with E-state index in [9.17, 15) is 29.4 Å². The maximum absolute atomic E-state index is 13.6. The van der Waals surface area contributed by atoms with Crippen molar-refractivity contribution in [3.8, 4) is 5.75 Å². The first-order valence-electron chi connectivity index (χ1n) is 14.3. The highest BCUT2D eigenvalue weighted by atomic mass is 16.4. The molecule has 4 unspecified atom stereocenters. The lowest BCUT2D eigenvalue weighted by Gasteiger charge is -2.26. The number of hydrogen-bond acceptors (Lipinski definition) is 6. The molecular formula is C33H40N4O6. The average Bonchev–Trinajstić information content (AvgIpc) is 2.98. The van der Waals surface area contributed by atoms with Crippen LogP contribution < -0.4 is 21.7 Å². The topological polar surface area (TPSA) is 171 Å². The number of carboxylic acids is 1. The van der Waals surface area contributed by atoms with Gasteiger partial charge in [-0.25, -0.2) is 4.79 Å². The standard InChI is InChI=1S/C33H40N4O6/c1-21(2)17-27(35-30(39)26(34)18-24-13-15-25(38)16-14-24)31(40)36-28(19-22-9-5-3-6-10-22)32(41)37-29(33(42)43)20-23-11-7-4-8-12-23/h3-16,21,26-29,38H,17-20,34H2,1-2H3,(H,35,39)(H,36,40)(H,37,41)(H,42,43). The number of carboxylic acid groups (broad SMARTS) is 1. The highest BCUT2D eigenvalue weighted by Crippen LogP contribution is 2.13. The molecule has 228 valence electrons. The summed E-state index contributed by atoms with van der Waals surface area (Å²) in [7, 11) is 0. The third-order valence-electron chi connectivity index (χ3n) is 6.88. The van der Waals surface area contributed by atoms with Gasteiger partial charge in [-0.2, -0.15) is 0 Å². The van der Waals surface area contributed by atoms with E-state index in [0.29, 0.717) is 0 Å². The average molecular weight is 589 g/mol. The van der Waals surface area contributed by atoms with E-state index in [1.165, 1.54) is 12.1 Å². The monoisotopic (exact) mass is 588 g/mol.